The van der Waals surface area contributed by atoms with Crippen molar-refractivity contribution in [2.75, 3.05) is 11.9 Å². The summed E-state index contributed by atoms with van der Waals surface area (Å²) < 4.78 is 5.65. The van der Waals surface area contributed by atoms with Gasteiger partial charge < -0.3 is 10.1 Å². The first-order chi connectivity index (χ1) is 9.83. The molecule has 0 radical (unpaired) electrons. The van der Waals surface area contributed by atoms with Crippen molar-refractivity contribution in [1.29, 1.82) is 5.26 Å². The van der Waals surface area contributed by atoms with Gasteiger partial charge >= 0.3 is 0 Å². The van der Waals surface area contributed by atoms with Gasteiger partial charge in [-0.05, 0) is 24.6 Å². The lowest BCUT2D eigenvalue weighted by atomic mass is 10.2. The molecule has 0 saturated heterocycles. The van der Waals surface area contributed by atoms with Crippen molar-refractivity contribution in [3.05, 3.63) is 53.7 Å². The highest BCUT2D eigenvalue weighted by molar-refractivity contribution is 5.42. The number of para-hydroxylation sites is 1. The van der Waals surface area contributed by atoms with Crippen molar-refractivity contribution in [2.24, 2.45) is 0 Å². The van der Waals surface area contributed by atoms with Crippen LogP contribution in [0.4, 0.5) is 5.82 Å². The Morgan fingerprint density at radius 1 is 1.25 bits per heavy atom. The Labute approximate surface area is 119 Å². The summed E-state index contributed by atoms with van der Waals surface area (Å²) in [6.45, 7) is 3.43. The van der Waals surface area contributed by atoms with Gasteiger partial charge in [0.15, 0.2) is 0 Å². The van der Waals surface area contributed by atoms with E-state index in [0.717, 1.165) is 24.3 Å². The predicted molar refractivity (Wildman–Crippen MR) is 78.5 cm³/mol. The standard InChI is InChI=1S/C16H17N3O/c1-2-9-18-16-8-7-13(11-19-16)12-20-15-6-4-3-5-14(15)10-17/h3-8,11H,2,9,12H2,1H3,(H,18,19). The van der Waals surface area contributed by atoms with Gasteiger partial charge in [0.25, 0.3) is 0 Å². The van der Waals surface area contributed by atoms with Crippen LogP contribution in [0.15, 0.2) is 42.6 Å². The number of aromatic nitrogens is 1. The maximum atomic E-state index is 8.98. The third-order valence-corrected chi connectivity index (χ3v) is 2.78. The van der Waals surface area contributed by atoms with Crippen LogP contribution in [0, 0.1) is 11.3 Å². The molecule has 0 bridgehead atoms. The SMILES string of the molecule is CCCNc1ccc(COc2ccccc2C#N)cn1. The first kappa shape index (κ1) is 13.9. The molecule has 0 aliphatic rings. The summed E-state index contributed by atoms with van der Waals surface area (Å²) in [5, 5.41) is 12.2. The number of hydrogen-bond acceptors (Lipinski definition) is 4. The van der Waals surface area contributed by atoms with Crippen LogP contribution in [0.25, 0.3) is 0 Å². The zero-order valence-corrected chi connectivity index (χ0v) is 11.5. The van der Waals surface area contributed by atoms with Crippen LogP contribution in [-0.2, 0) is 6.61 Å². The van der Waals surface area contributed by atoms with Crippen LogP contribution >= 0.6 is 0 Å². The normalized spacial score (nSPS) is 9.80. The average Bonchev–Trinajstić information content (AvgIpc) is 2.52. The maximum Gasteiger partial charge on any atom is 0.137 e. The fraction of sp³-hybridized carbons (Fsp3) is 0.250. The second kappa shape index (κ2) is 7.15. The molecule has 20 heavy (non-hydrogen) atoms. The minimum Gasteiger partial charge on any atom is -0.487 e. The first-order valence-electron chi connectivity index (χ1n) is 6.64. The van der Waals surface area contributed by atoms with Gasteiger partial charge in [0.2, 0.25) is 0 Å². The van der Waals surface area contributed by atoms with Crippen LogP contribution in [-0.4, -0.2) is 11.5 Å². The molecule has 0 aliphatic heterocycles. The maximum absolute atomic E-state index is 8.98. The van der Waals surface area contributed by atoms with Crippen LogP contribution in [0.3, 0.4) is 0 Å². The fourth-order valence-corrected chi connectivity index (χ4v) is 1.71. The molecular formula is C16H17N3O. The number of pyridine rings is 1. The van der Waals surface area contributed by atoms with E-state index in [9.17, 15) is 0 Å². The molecule has 4 heteroatoms. The Morgan fingerprint density at radius 2 is 2.10 bits per heavy atom. The summed E-state index contributed by atoms with van der Waals surface area (Å²) in [5.41, 5.74) is 1.52. The molecule has 2 aromatic rings. The molecule has 1 aromatic carbocycles. The van der Waals surface area contributed by atoms with E-state index in [2.05, 4.69) is 23.3 Å². The van der Waals surface area contributed by atoms with Gasteiger partial charge in [-0.15, -0.1) is 0 Å². The molecule has 102 valence electrons. The predicted octanol–water partition coefficient (Wildman–Crippen LogP) is 3.35. The van der Waals surface area contributed by atoms with E-state index in [1.54, 1.807) is 18.3 Å². The Kier molecular flexibility index (Phi) is 4.96. The summed E-state index contributed by atoms with van der Waals surface area (Å²) >= 11 is 0. The number of nitrogens with one attached hydrogen (secondary N) is 1. The number of benzene rings is 1. The van der Waals surface area contributed by atoms with Crippen LogP contribution in [0.5, 0.6) is 5.75 Å². The molecule has 0 atom stereocenters. The van der Waals surface area contributed by atoms with E-state index in [-0.39, 0.29) is 0 Å². The zero-order valence-electron chi connectivity index (χ0n) is 11.5. The van der Waals surface area contributed by atoms with Crippen molar-refractivity contribution in [1.82, 2.24) is 4.98 Å². The van der Waals surface area contributed by atoms with E-state index in [4.69, 9.17) is 10.00 Å². The van der Waals surface area contributed by atoms with Crippen molar-refractivity contribution >= 4 is 5.82 Å². The third kappa shape index (κ3) is 3.72. The molecule has 0 saturated carbocycles. The molecule has 4 nitrogen and oxygen atoms in total. The lowest BCUT2D eigenvalue weighted by Crippen LogP contribution is -2.03. The molecule has 2 rings (SSSR count). The topological polar surface area (TPSA) is 57.9 Å². The quantitative estimate of drug-likeness (QED) is 0.872. The van der Waals surface area contributed by atoms with E-state index in [0.29, 0.717) is 17.9 Å². The van der Waals surface area contributed by atoms with E-state index in [1.165, 1.54) is 0 Å². The average molecular weight is 267 g/mol. The van der Waals surface area contributed by atoms with Gasteiger partial charge in [-0.3, -0.25) is 0 Å². The lowest BCUT2D eigenvalue weighted by Gasteiger charge is -2.08. The largest absolute Gasteiger partial charge is 0.487 e. The summed E-state index contributed by atoms with van der Waals surface area (Å²) in [7, 11) is 0. The second-order valence-corrected chi connectivity index (χ2v) is 4.38. The summed E-state index contributed by atoms with van der Waals surface area (Å²) in [6.07, 6.45) is 2.85. The first-order valence-corrected chi connectivity index (χ1v) is 6.64. The molecule has 0 spiro atoms. The summed E-state index contributed by atoms with van der Waals surface area (Å²) in [4.78, 5) is 4.31. The minimum atomic E-state index is 0.403. The summed E-state index contributed by atoms with van der Waals surface area (Å²) in [6, 6.07) is 13.2. The van der Waals surface area contributed by atoms with Crippen molar-refractivity contribution in [2.45, 2.75) is 20.0 Å². The summed E-state index contributed by atoms with van der Waals surface area (Å²) in [5.74, 6) is 1.47. The molecule has 0 aliphatic carbocycles. The van der Waals surface area contributed by atoms with Gasteiger partial charge in [-0.1, -0.05) is 25.1 Å². The van der Waals surface area contributed by atoms with E-state index < -0.39 is 0 Å². The van der Waals surface area contributed by atoms with Gasteiger partial charge in [0.1, 0.15) is 24.2 Å². The Morgan fingerprint density at radius 3 is 2.80 bits per heavy atom. The van der Waals surface area contributed by atoms with Gasteiger partial charge in [-0.2, -0.15) is 5.26 Å². The van der Waals surface area contributed by atoms with Crippen molar-refractivity contribution in [3.63, 3.8) is 0 Å². The molecular weight excluding hydrogens is 250 g/mol. The van der Waals surface area contributed by atoms with Gasteiger partial charge in [-0.25, -0.2) is 4.98 Å². The molecule has 1 aromatic heterocycles. The third-order valence-electron chi connectivity index (χ3n) is 2.78. The minimum absolute atomic E-state index is 0.403. The van der Waals surface area contributed by atoms with E-state index in [1.807, 2.05) is 24.3 Å². The fourth-order valence-electron chi connectivity index (χ4n) is 1.71. The highest BCUT2D eigenvalue weighted by atomic mass is 16.5. The zero-order chi connectivity index (χ0) is 14.2. The number of anilines is 1. The number of nitrogens with zero attached hydrogens (tertiary/aromatic N) is 2. The van der Waals surface area contributed by atoms with Gasteiger partial charge in [0, 0.05) is 18.3 Å². The van der Waals surface area contributed by atoms with Crippen LogP contribution in [0.1, 0.15) is 24.5 Å². The number of ether oxygens (including phenoxy) is 1. The number of hydrogen-bond donors (Lipinski definition) is 1. The Balaban J connectivity index is 1.95. The number of rotatable bonds is 6. The molecule has 0 unspecified atom stereocenters. The smallest absolute Gasteiger partial charge is 0.137 e. The van der Waals surface area contributed by atoms with Crippen molar-refractivity contribution < 1.29 is 4.74 Å². The highest BCUT2D eigenvalue weighted by Gasteiger charge is 2.02. The molecule has 0 fully saturated rings. The monoisotopic (exact) mass is 267 g/mol. The highest BCUT2D eigenvalue weighted by Crippen LogP contribution is 2.18. The van der Waals surface area contributed by atoms with Crippen molar-refractivity contribution in [3.8, 4) is 11.8 Å². The molecule has 0 amide bonds. The Hall–Kier alpha value is -2.54. The second-order valence-electron chi connectivity index (χ2n) is 4.38. The lowest BCUT2D eigenvalue weighted by molar-refractivity contribution is 0.305. The van der Waals surface area contributed by atoms with E-state index >= 15 is 0 Å². The van der Waals surface area contributed by atoms with Crippen LogP contribution < -0.4 is 10.1 Å². The number of nitriles is 1. The molecule has 1 N–H and O–H groups in total. The molecule has 1 heterocycles. The Bertz CT molecular complexity index is 587. The van der Waals surface area contributed by atoms with Gasteiger partial charge in [0.05, 0.1) is 5.56 Å². The van der Waals surface area contributed by atoms with Crippen LogP contribution in [0.2, 0.25) is 0 Å².